The molecule has 0 saturated carbocycles. The molecule has 0 atom stereocenters. The maximum absolute atomic E-state index is 11.2. The van der Waals surface area contributed by atoms with Gasteiger partial charge in [0.2, 0.25) is 0 Å². The van der Waals surface area contributed by atoms with Crippen LogP contribution in [0.2, 0.25) is 0 Å². The molecule has 1 amide bonds. The van der Waals surface area contributed by atoms with E-state index in [-0.39, 0.29) is 0 Å². The molecule has 1 aliphatic heterocycles. The highest BCUT2D eigenvalue weighted by Gasteiger charge is 2.18. The molecule has 5 rings (SSSR count). The number of carboxylic acid groups (broad SMARTS) is 1. The first-order chi connectivity index (χ1) is 18.6. The number of ether oxygens (including phenoxy) is 1. The number of piperazine rings is 1. The maximum atomic E-state index is 11.2. The number of carbonyl (C=O) groups is 1. The van der Waals surface area contributed by atoms with E-state index in [9.17, 15) is 9.90 Å². The van der Waals surface area contributed by atoms with E-state index in [2.05, 4.69) is 39.4 Å². The second kappa shape index (κ2) is 12.5. The molecule has 2 aromatic heterocycles. The Kier molecular flexibility index (Phi) is 8.61. The van der Waals surface area contributed by atoms with Crippen LogP contribution in [0.3, 0.4) is 0 Å². The van der Waals surface area contributed by atoms with Crippen molar-refractivity contribution in [2.75, 3.05) is 57.3 Å². The summed E-state index contributed by atoms with van der Waals surface area (Å²) in [6.07, 6.45) is 1.84. The second-order valence-electron chi connectivity index (χ2n) is 9.76. The van der Waals surface area contributed by atoms with E-state index in [1.54, 1.807) is 0 Å². The van der Waals surface area contributed by atoms with Gasteiger partial charge in [0.1, 0.15) is 5.75 Å². The van der Waals surface area contributed by atoms with Crippen molar-refractivity contribution in [3.63, 3.8) is 0 Å². The van der Waals surface area contributed by atoms with Gasteiger partial charge >= 0.3 is 6.09 Å². The van der Waals surface area contributed by atoms with Gasteiger partial charge in [-0.05, 0) is 68.1 Å². The lowest BCUT2D eigenvalue weighted by Gasteiger charge is -2.36. The fourth-order valence-corrected chi connectivity index (χ4v) is 5.91. The third kappa shape index (κ3) is 6.37. The first-order valence-electron chi connectivity index (χ1n) is 13.5. The van der Waals surface area contributed by atoms with Crippen molar-refractivity contribution < 1.29 is 14.6 Å². The third-order valence-corrected chi connectivity index (χ3v) is 8.22. The lowest BCUT2D eigenvalue weighted by Crippen LogP contribution is -2.46. The summed E-state index contributed by atoms with van der Waals surface area (Å²) in [5.74, 6) is 0.832. The molecule has 7 nitrogen and oxygen atoms in total. The molecule has 0 radical (unpaired) electrons. The van der Waals surface area contributed by atoms with Crippen molar-refractivity contribution in [2.45, 2.75) is 26.2 Å². The number of anilines is 1. The summed E-state index contributed by atoms with van der Waals surface area (Å²) in [5.41, 5.74) is 3.15. The quantitative estimate of drug-likeness (QED) is 0.240. The zero-order valence-electron chi connectivity index (χ0n) is 22.0. The fraction of sp³-hybridized carbons (Fsp3) is 0.400. The molecule has 1 N–H and O–H groups in total. The van der Waals surface area contributed by atoms with Crippen LogP contribution in [0, 0.1) is 0 Å². The van der Waals surface area contributed by atoms with E-state index in [1.165, 1.54) is 20.7 Å². The van der Waals surface area contributed by atoms with Gasteiger partial charge in [0.25, 0.3) is 0 Å². The zero-order valence-corrected chi connectivity index (χ0v) is 22.8. The molecule has 0 aliphatic carbocycles. The predicted molar refractivity (Wildman–Crippen MR) is 156 cm³/mol. The number of pyridine rings is 1. The van der Waals surface area contributed by atoms with E-state index in [4.69, 9.17) is 9.72 Å². The zero-order chi connectivity index (χ0) is 26.3. The highest BCUT2D eigenvalue weighted by molar-refractivity contribution is 7.17. The van der Waals surface area contributed by atoms with Gasteiger partial charge < -0.3 is 19.6 Å². The van der Waals surface area contributed by atoms with Gasteiger partial charge in [0.15, 0.2) is 0 Å². The molecule has 38 heavy (non-hydrogen) atoms. The molecule has 200 valence electrons. The second-order valence-corrected chi connectivity index (χ2v) is 10.7. The highest BCUT2D eigenvalue weighted by atomic mass is 32.1. The molecule has 3 heterocycles. The molecule has 8 heteroatoms. The minimum absolute atomic E-state index is 0.445. The van der Waals surface area contributed by atoms with Crippen LogP contribution in [0.1, 0.15) is 25.5 Å². The molecule has 1 saturated heterocycles. The minimum Gasteiger partial charge on any atom is -0.494 e. The van der Waals surface area contributed by atoms with Crippen molar-refractivity contribution in [1.82, 2.24) is 14.8 Å². The van der Waals surface area contributed by atoms with Gasteiger partial charge in [-0.3, -0.25) is 9.88 Å². The van der Waals surface area contributed by atoms with E-state index in [0.717, 1.165) is 67.9 Å². The third-order valence-electron chi connectivity index (χ3n) is 7.33. The van der Waals surface area contributed by atoms with E-state index >= 15 is 0 Å². The Balaban J connectivity index is 1.04. The summed E-state index contributed by atoms with van der Waals surface area (Å²) < 4.78 is 7.41. The Morgan fingerprint density at radius 2 is 1.92 bits per heavy atom. The molecule has 1 aliphatic rings. The Labute approximate surface area is 228 Å². The summed E-state index contributed by atoms with van der Waals surface area (Å²) in [5, 5.41) is 13.8. The SMILES string of the molecule is CCN(CCc1ccc2ccc(OCCCCN3CCN(c4cccc5sccc45)CC3)cc2n1)C(=O)O. The highest BCUT2D eigenvalue weighted by Crippen LogP contribution is 2.31. The van der Waals surface area contributed by atoms with E-state index in [0.29, 0.717) is 26.1 Å². The van der Waals surface area contributed by atoms with Gasteiger partial charge in [-0.15, -0.1) is 11.3 Å². The van der Waals surface area contributed by atoms with Gasteiger partial charge in [-0.1, -0.05) is 12.1 Å². The number of thiophene rings is 1. The van der Waals surface area contributed by atoms with Crippen molar-refractivity contribution in [2.24, 2.45) is 0 Å². The van der Waals surface area contributed by atoms with Gasteiger partial charge in [0.05, 0.1) is 12.1 Å². The summed E-state index contributed by atoms with van der Waals surface area (Å²) >= 11 is 1.81. The van der Waals surface area contributed by atoms with Gasteiger partial charge in [-0.2, -0.15) is 0 Å². The Morgan fingerprint density at radius 3 is 2.74 bits per heavy atom. The van der Waals surface area contributed by atoms with Gasteiger partial charge in [-0.25, -0.2) is 4.79 Å². The topological polar surface area (TPSA) is 69.1 Å². The summed E-state index contributed by atoms with van der Waals surface area (Å²) in [4.78, 5) is 22.5. The number of hydrogen-bond acceptors (Lipinski definition) is 6. The van der Waals surface area contributed by atoms with Crippen LogP contribution >= 0.6 is 11.3 Å². The Morgan fingerprint density at radius 1 is 1.08 bits per heavy atom. The van der Waals surface area contributed by atoms with Crippen LogP contribution in [0.15, 0.2) is 60.0 Å². The minimum atomic E-state index is -0.891. The molecular formula is C30H36N4O3S. The Bertz CT molecular complexity index is 1370. The first kappa shape index (κ1) is 26.3. The van der Waals surface area contributed by atoms with Crippen LogP contribution in [0.25, 0.3) is 21.0 Å². The monoisotopic (exact) mass is 532 g/mol. The number of amides is 1. The number of fused-ring (bicyclic) bond motifs is 2. The van der Waals surface area contributed by atoms with E-state index < -0.39 is 6.09 Å². The summed E-state index contributed by atoms with van der Waals surface area (Å²) in [6, 6.07) is 18.9. The standard InChI is InChI=1S/C30H36N4O3S/c1-2-33(30(35)36)15-12-24-10-8-23-9-11-25(22-27(23)31-24)37-20-4-3-14-32-16-18-34(19-17-32)28-6-5-7-29-26(28)13-21-38-29/h5-11,13,21-22H,2-4,12,14-20H2,1H3,(H,35,36). The molecule has 4 aromatic rings. The van der Waals surface area contributed by atoms with Crippen LogP contribution < -0.4 is 9.64 Å². The van der Waals surface area contributed by atoms with Crippen LogP contribution in [0.4, 0.5) is 10.5 Å². The lowest BCUT2D eigenvalue weighted by atomic mass is 10.1. The molecule has 2 aromatic carbocycles. The largest absolute Gasteiger partial charge is 0.494 e. The number of rotatable bonds is 11. The van der Waals surface area contributed by atoms with Crippen LogP contribution in [-0.4, -0.2) is 78.4 Å². The molecular weight excluding hydrogens is 496 g/mol. The molecule has 0 unspecified atom stereocenters. The van der Waals surface area contributed by atoms with Crippen molar-refractivity contribution in [3.05, 3.63) is 65.7 Å². The average molecular weight is 533 g/mol. The number of hydrogen-bond donors (Lipinski definition) is 1. The van der Waals surface area contributed by atoms with Crippen LogP contribution in [0.5, 0.6) is 5.75 Å². The molecule has 1 fully saturated rings. The van der Waals surface area contributed by atoms with Crippen molar-refractivity contribution >= 4 is 44.1 Å². The van der Waals surface area contributed by atoms with Crippen molar-refractivity contribution in [3.8, 4) is 5.75 Å². The number of nitrogens with zero attached hydrogens (tertiary/aromatic N) is 4. The molecule has 0 bridgehead atoms. The average Bonchev–Trinajstić information content (AvgIpc) is 3.42. The maximum Gasteiger partial charge on any atom is 0.407 e. The number of unbranched alkanes of at least 4 members (excludes halogenated alkanes) is 1. The number of likely N-dealkylation sites (N-methyl/N-ethyl adjacent to an activating group) is 1. The number of benzene rings is 2. The Hall–Kier alpha value is -3.36. The molecule has 0 spiro atoms. The van der Waals surface area contributed by atoms with Crippen molar-refractivity contribution in [1.29, 1.82) is 0 Å². The van der Waals surface area contributed by atoms with Gasteiger partial charge in [0, 0.05) is 78.6 Å². The van der Waals surface area contributed by atoms with E-state index in [1.807, 2.05) is 48.6 Å². The summed E-state index contributed by atoms with van der Waals surface area (Å²) in [6.45, 7) is 8.91. The fourth-order valence-electron chi connectivity index (χ4n) is 5.10. The lowest BCUT2D eigenvalue weighted by molar-refractivity contribution is 0.148. The van der Waals surface area contributed by atoms with Crippen LogP contribution in [-0.2, 0) is 6.42 Å². The first-order valence-corrected chi connectivity index (χ1v) is 14.4. The summed E-state index contributed by atoms with van der Waals surface area (Å²) in [7, 11) is 0. The normalized spacial score (nSPS) is 14.3. The predicted octanol–water partition coefficient (Wildman–Crippen LogP) is 5.97. The number of aromatic nitrogens is 1. The smallest absolute Gasteiger partial charge is 0.407 e.